The topological polar surface area (TPSA) is 58.7 Å². The van der Waals surface area contributed by atoms with E-state index >= 15 is 0 Å². The summed E-state index contributed by atoms with van der Waals surface area (Å²) in [5.74, 6) is 0. The number of halogens is 1. The second-order valence-electron chi connectivity index (χ2n) is 5.28. The van der Waals surface area contributed by atoms with Crippen molar-refractivity contribution in [2.24, 2.45) is 5.73 Å². The fourth-order valence-electron chi connectivity index (χ4n) is 2.55. The molecule has 1 aromatic rings. The van der Waals surface area contributed by atoms with Gasteiger partial charge in [-0.2, -0.15) is 0 Å². The molecule has 2 rings (SSSR count). The Morgan fingerprint density at radius 1 is 1.45 bits per heavy atom. The molecule has 20 heavy (non-hydrogen) atoms. The predicted molar refractivity (Wildman–Crippen MR) is 82.3 cm³/mol. The molecule has 0 saturated carbocycles. The number of nitrogens with zero attached hydrogens (tertiary/aromatic N) is 1. The van der Waals surface area contributed by atoms with Crippen molar-refractivity contribution in [1.82, 2.24) is 0 Å². The van der Waals surface area contributed by atoms with Gasteiger partial charge in [0.1, 0.15) is 0 Å². The summed E-state index contributed by atoms with van der Waals surface area (Å²) in [6.07, 6.45) is 2.18. The molecule has 0 aromatic heterocycles. The van der Waals surface area contributed by atoms with Crippen LogP contribution in [0.25, 0.3) is 0 Å². The first-order valence-corrected chi connectivity index (χ1v) is 7.52. The Hall–Kier alpha value is -0.810. The summed E-state index contributed by atoms with van der Waals surface area (Å²) in [5.41, 5.74) is 7.99. The van der Waals surface area contributed by atoms with Crippen molar-refractivity contribution in [2.45, 2.75) is 31.9 Å². The lowest BCUT2D eigenvalue weighted by molar-refractivity contribution is 0.0159. The molecule has 1 saturated heterocycles. The second-order valence-corrected chi connectivity index (χ2v) is 5.69. The highest BCUT2D eigenvalue weighted by Crippen LogP contribution is 2.30. The van der Waals surface area contributed by atoms with Crippen molar-refractivity contribution in [2.75, 3.05) is 31.2 Å². The molecule has 0 amide bonds. The van der Waals surface area contributed by atoms with Crippen molar-refractivity contribution in [1.29, 1.82) is 0 Å². The van der Waals surface area contributed by atoms with Gasteiger partial charge in [0.15, 0.2) is 0 Å². The summed E-state index contributed by atoms with van der Waals surface area (Å²) in [6, 6.07) is 6.05. The van der Waals surface area contributed by atoms with Gasteiger partial charge in [0.2, 0.25) is 0 Å². The molecular weight excluding hydrogens is 276 g/mol. The van der Waals surface area contributed by atoms with E-state index in [1.807, 2.05) is 19.1 Å². The molecule has 1 unspecified atom stereocenters. The quantitative estimate of drug-likeness (QED) is 0.876. The third-order valence-corrected chi connectivity index (χ3v) is 4.03. The Labute approximate surface area is 125 Å². The summed E-state index contributed by atoms with van der Waals surface area (Å²) in [4.78, 5) is 2.28. The summed E-state index contributed by atoms with van der Waals surface area (Å²) < 4.78 is 5.57. The van der Waals surface area contributed by atoms with E-state index in [1.54, 1.807) is 0 Å². The number of benzene rings is 1. The molecule has 0 bridgehead atoms. The minimum Gasteiger partial charge on any atom is -0.394 e. The van der Waals surface area contributed by atoms with Crippen molar-refractivity contribution >= 4 is 17.3 Å². The van der Waals surface area contributed by atoms with Crippen LogP contribution in [0.3, 0.4) is 0 Å². The number of nitrogens with two attached hydrogens (primary N) is 1. The van der Waals surface area contributed by atoms with Crippen LogP contribution < -0.4 is 10.6 Å². The zero-order valence-electron chi connectivity index (χ0n) is 11.9. The molecular formula is C15H23ClN2O2. The smallest absolute Gasteiger partial charge is 0.0701 e. The highest BCUT2D eigenvalue weighted by atomic mass is 35.5. The number of hydrogen-bond acceptors (Lipinski definition) is 4. The van der Waals surface area contributed by atoms with Gasteiger partial charge in [-0.1, -0.05) is 17.7 Å². The molecule has 1 heterocycles. The summed E-state index contributed by atoms with van der Waals surface area (Å²) >= 11 is 6.37. The van der Waals surface area contributed by atoms with Gasteiger partial charge in [-0.3, -0.25) is 0 Å². The van der Waals surface area contributed by atoms with E-state index in [4.69, 9.17) is 27.2 Å². The van der Waals surface area contributed by atoms with Crippen LogP contribution in [0.15, 0.2) is 18.2 Å². The number of anilines is 1. The van der Waals surface area contributed by atoms with Gasteiger partial charge in [0.25, 0.3) is 0 Å². The fourth-order valence-corrected chi connectivity index (χ4v) is 2.85. The molecule has 5 heteroatoms. The molecule has 0 spiro atoms. The number of aliphatic hydroxyl groups is 1. The largest absolute Gasteiger partial charge is 0.394 e. The van der Waals surface area contributed by atoms with Crippen molar-refractivity contribution in [3.8, 4) is 0 Å². The molecule has 0 radical (unpaired) electrons. The van der Waals surface area contributed by atoms with Crippen LogP contribution in [-0.4, -0.2) is 37.5 Å². The number of ether oxygens (including phenoxy) is 1. The first-order valence-electron chi connectivity index (χ1n) is 7.14. The average molecular weight is 299 g/mol. The van der Waals surface area contributed by atoms with E-state index in [0.29, 0.717) is 6.61 Å². The summed E-state index contributed by atoms with van der Waals surface area (Å²) in [5, 5.41) is 9.53. The lowest BCUT2D eigenvalue weighted by atomic mass is 10.0. The third kappa shape index (κ3) is 3.85. The van der Waals surface area contributed by atoms with Crippen LogP contribution in [0.1, 0.15) is 31.4 Å². The minimum atomic E-state index is -0.000770. The molecule has 1 atom stereocenters. The van der Waals surface area contributed by atoms with Gasteiger partial charge in [-0.25, -0.2) is 0 Å². The molecule has 4 nitrogen and oxygen atoms in total. The highest BCUT2D eigenvalue weighted by Gasteiger charge is 2.21. The van der Waals surface area contributed by atoms with Gasteiger partial charge in [0, 0.05) is 19.1 Å². The Morgan fingerprint density at radius 3 is 2.70 bits per heavy atom. The first kappa shape index (κ1) is 15.6. The SMILES string of the molecule is CC(N)c1ccc(N2CCC(OCCO)CC2)c(Cl)c1. The zero-order valence-corrected chi connectivity index (χ0v) is 12.6. The Kier molecular flexibility index (Phi) is 5.66. The zero-order chi connectivity index (χ0) is 14.5. The number of rotatable bonds is 5. The minimum absolute atomic E-state index is 0.000770. The van der Waals surface area contributed by atoms with Crippen LogP contribution >= 0.6 is 11.6 Å². The lowest BCUT2D eigenvalue weighted by Gasteiger charge is -2.34. The van der Waals surface area contributed by atoms with Crippen molar-refractivity contribution < 1.29 is 9.84 Å². The van der Waals surface area contributed by atoms with Crippen LogP contribution in [0.5, 0.6) is 0 Å². The molecule has 0 aliphatic carbocycles. The molecule has 112 valence electrons. The maximum absolute atomic E-state index is 8.77. The lowest BCUT2D eigenvalue weighted by Crippen LogP contribution is -2.37. The number of hydrogen-bond donors (Lipinski definition) is 2. The number of piperidine rings is 1. The molecule has 3 N–H and O–H groups in total. The molecule has 1 aliphatic rings. The van der Waals surface area contributed by atoms with E-state index < -0.39 is 0 Å². The van der Waals surface area contributed by atoms with Crippen LogP contribution in [0.4, 0.5) is 5.69 Å². The van der Waals surface area contributed by atoms with E-state index in [2.05, 4.69) is 11.0 Å². The Morgan fingerprint density at radius 2 is 2.15 bits per heavy atom. The van der Waals surface area contributed by atoms with Crippen LogP contribution in [0.2, 0.25) is 5.02 Å². The molecule has 1 aromatic carbocycles. The first-order chi connectivity index (χ1) is 9.61. The van der Waals surface area contributed by atoms with Crippen LogP contribution in [-0.2, 0) is 4.74 Å². The summed E-state index contributed by atoms with van der Waals surface area (Å²) in [6.45, 7) is 4.31. The fraction of sp³-hybridized carbons (Fsp3) is 0.600. The van der Waals surface area contributed by atoms with Crippen LogP contribution in [0, 0.1) is 0 Å². The molecule has 1 fully saturated rings. The third-order valence-electron chi connectivity index (χ3n) is 3.73. The Balaban J connectivity index is 1.96. The van der Waals surface area contributed by atoms with Gasteiger partial charge in [-0.05, 0) is 37.5 Å². The van der Waals surface area contributed by atoms with E-state index in [-0.39, 0.29) is 18.8 Å². The maximum Gasteiger partial charge on any atom is 0.0701 e. The van der Waals surface area contributed by atoms with Gasteiger partial charge in [0.05, 0.1) is 30.0 Å². The van der Waals surface area contributed by atoms with Crippen molar-refractivity contribution in [3.05, 3.63) is 28.8 Å². The van der Waals surface area contributed by atoms with Gasteiger partial charge >= 0.3 is 0 Å². The summed E-state index contributed by atoms with van der Waals surface area (Å²) in [7, 11) is 0. The standard InChI is InChI=1S/C15H23ClN2O2/c1-11(17)12-2-3-15(14(16)10-12)18-6-4-13(5-7-18)20-9-8-19/h2-3,10-11,13,19H,4-9,17H2,1H3. The highest BCUT2D eigenvalue weighted by molar-refractivity contribution is 6.33. The monoisotopic (exact) mass is 298 g/mol. The van der Waals surface area contributed by atoms with Gasteiger partial charge in [-0.15, -0.1) is 0 Å². The average Bonchev–Trinajstić information content (AvgIpc) is 2.45. The van der Waals surface area contributed by atoms with E-state index in [9.17, 15) is 0 Å². The molecule has 1 aliphatic heterocycles. The van der Waals surface area contributed by atoms with Gasteiger partial charge < -0.3 is 20.5 Å². The normalized spacial score (nSPS) is 18.3. The number of aliphatic hydroxyl groups excluding tert-OH is 1. The predicted octanol–water partition coefficient (Wildman–Crippen LogP) is 2.34. The van der Waals surface area contributed by atoms with E-state index in [0.717, 1.165) is 42.2 Å². The second kappa shape index (κ2) is 7.27. The van der Waals surface area contributed by atoms with Crippen molar-refractivity contribution in [3.63, 3.8) is 0 Å². The Bertz CT molecular complexity index is 432. The maximum atomic E-state index is 8.77. The van der Waals surface area contributed by atoms with E-state index in [1.165, 1.54) is 0 Å².